The van der Waals surface area contributed by atoms with Gasteiger partial charge in [-0.25, -0.2) is 0 Å². The summed E-state index contributed by atoms with van der Waals surface area (Å²) in [5, 5.41) is 0. The molecule has 0 atom stereocenters. The highest BCUT2D eigenvalue weighted by Crippen LogP contribution is 2.12. The van der Waals surface area contributed by atoms with Crippen molar-refractivity contribution >= 4 is 5.97 Å². The maximum Gasteiger partial charge on any atom is 0.306 e. The van der Waals surface area contributed by atoms with Crippen LogP contribution in [0.25, 0.3) is 0 Å². The predicted molar refractivity (Wildman–Crippen MR) is 70.0 cm³/mol. The molecule has 0 amide bonds. The van der Waals surface area contributed by atoms with Crippen LogP contribution in [0.1, 0.15) is 45.2 Å². The van der Waals surface area contributed by atoms with Crippen molar-refractivity contribution in [3.8, 4) is 0 Å². The zero-order valence-corrected chi connectivity index (χ0v) is 11.2. The summed E-state index contributed by atoms with van der Waals surface area (Å²) in [6.07, 6.45) is 2.23. The van der Waals surface area contributed by atoms with Gasteiger partial charge in [0, 0.05) is 6.42 Å². The molecule has 0 unspecified atom stereocenters. The first kappa shape index (κ1) is 13.8. The molecule has 0 aliphatic rings. The Hall–Kier alpha value is -1.31. The highest BCUT2D eigenvalue weighted by Gasteiger charge is 2.15. The first-order valence-corrected chi connectivity index (χ1v) is 6.20. The van der Waals surface area contributed by atoms with Crippen LogP contribution in [0.3, 0.4) is 0 Å². The van der Waals surface area contributed by atoms with Gasteiger partial charge in [0.15, 0.2) is 0 Å². The average molecular weight is 234 g/mol. The Balaban J connectivity index is 2.47. The van der Waals surface area contributed by atoms with Gasteiger partial charge in [-0.3, -0.25) is 4.79 Å². The van der Waals surface area contributed by atoms with Crippen molar-refractivity contribution < 1.29 is 9.53 Å². The van der Waals surface area contributed by atoms with E-state index in [4.69, 9.17) is 4.74 Å². The van der Waals surface area contributed by atoms with Crippen LogP contribution in [-0.2, 0) is 22.4 Å². The third-order valence-corrected chi connectivity index (χ3v) is 2.44. The van der Waals surface area contributed by atoms with E-state index in [1.54, 1.807) is 0 Å². The number of aryl methyl sites for hydroxylation is 2. The highest BCUT2D eigenvalue weighted by molar-refractivity contribution is 5.70. The van der Waals surface area contributed by atoms with E-state index >= 15 is 0 Å². The molecular formula is C15H22O2. The Morgan fingerprint density at radius 3 is 2.47 bits per heavy atom. The molecule has 17 heavy (non-hydrogen) atoms. The molecular weight excluding hydrogens is 212 g/mol. The Bertz CT molecular complexity index is 375. The van der Waals surface area contributed by atoms with E-state index in [1.165, 1.54) is 11.1 Å². The lowest BCUT2D eigenvalue weighted by Gasteiger charge is -2.19. The molecule has 0 saturated heterocycles. The molecule has 0 aliphatic carbocycles. The molecule has 1 aromatic carbocycles. The lowest BCUT2D eigenvalue weighted by molar-refractivity contribution is -0.154. The number of hydrogen-bond donors (Lipinski definition) is 0. The number of carbonyl (C=O) groups excluding carboxylic acids is 1. The van der Waals surface area contributed by atoms with Gasteiger partial charge in [0.25, 0.3) is 0 Å². The van der Waals surface area contributed by atoms with Crippen LogP contribution in [0.2, 0.25) is 0 Å². The van der Waals surface area contributed by atoms with E-state index in [-0.39, 0.29) is 11.6 Å². The van der Waals surface area contributed by atoms with Gasteiger partial charge in [0.1, 0.15) is 5.60 Å². The third kappa shape index (κ3) is 5.53. The molecule has 0 heterocycles. The Kier molecular flexibility index (Phi) is 4.73. The van der Waals surface area contributed by atoms with E-state index in [0.29, 0.717) is 6.42 Å². The number of hydrogen-bond acceptors (Lipinski definition) is 2. The second-order valence-electron chi connectivity index (χ2n) is 5.26. The van der Waals surface area contributed by atoms with Crippen LogP contribution in [0.4, 0.5) is 0 Å². The molecule has 0 saturated carbocycles. The minimum absolute atomic E-state index is 0.126. The summed E-state index contributed by atoms with van der Waals surface area (Å²) >= 11 is 0. The Morgan fingerprint density at radius 2 is 1.88 bits per heavy atom. The minimum atomic E-state index is -0.387. The number of benzene rings is 1. The first-order chi connectivity index (χ1) is 7.90. The molecule has 0 aromatic heterocycles. The van der Waals surface area contributed by atoms with Crippen molar-refractivity contribution in [2.45, 2.75) is 52.6 Å². The number of rotatable bonds is 4. The van der Waals surface area contributed by atoms with Crippen molar-refractivity contribution in [2.75, 3.05) is 0 Å². The quantitative estimate of drug-likeness (QED) is 0.745. The topological polar surface area (TPSA) is 26.3 Å². The molecule has 2 nitrogen and oxygen atoms in total. The van der Waals surface area contributed by atoms with E-state index in [1.807, 2.05) is 26.8 Å². The van der Waals surface area contributed by atoms with E-state index in [9.17, 15) is 4.79 Å². The van der Waals surface area contributed by atoms with Crippen LogP contribution in [-0.4, -0.2) is 11.6 Å². The lowest BCUT2D eigenvalue weighted by Crippen LogP contribution is -2.24. The fourth-order valence-electron chi connectivity index (χ4n) is 1.64. The van der Waals surface area contributed by atoms with Gasteiger partial charge in [-0.05, 0) is 44.7 Å². The minimum Gasteiger partial charge on any atom is -0.460 e. The second kappa shape index (κ2) is 5.85. The molecule has 0 N–H and O–H groups in total. The molecule has 1 rings (SSSR count). The van der Waals surface area contributed by atoms with Crippen molar-refractivity contribution in [3.63, 3.8) is 0 Å². The standard InChI is InChI=1S/C15H22O2/c1-5-12-7-6-8-13(11-12)9-10-14(16)17-15(2,3)4/h6-8,11H,5,9-10H2,1-4H3. The van der Waals surface area contributed by atoms with Gasteiger partial charge in [0.2, 0.25) is 0 Å². The van der Waals surface area contributed by atoms with Crippen LogP contribution in [0.5, 0.6) is 0 Å². The van der Waals surface area contributed by atoms with Crippen LogP contribution < -0.4 is 0 Å². The van der Waals surface area contributed by atoms with Gasteiger partial charge in [-0.1, -0.05) is 31.2 Å². The summed E-state index contributed by atoms with van der Waals surface area (Å²) in [7, 11) is 0. The maximum absolute atomic E-state index is 11.6. The summed E-state index contributed by atoms with van der Waals surface area (Å²) in [6, 6.07) is 8.37. The molecule has 0 radical (unpaired) electrons. The molecule has 1 aromatic rings. The van der Waals surface area contributed by atoms with Crippen LogP contribution >= 0.6 is 0 Å². The van der Waals surface area contributed by atoms with E-state index in [2.05, 4.69) is 25.1 Å². The average Bonchev–Trinajstić information content (AvgIpc) is 2.24. The largest absolute Gasteiger partial charge is 0.460 e. The molecule has 94 valence electrons. The van der Waals surface area contributed by atoms with Gasteiger partial charge < -0.3 is 4.74 Å². The summed E-state index contributed by atoms with van der Waals surface area (Å²) in [5.41, 5.74) is 2.13. The fraction of sp³-hybridized carbons (Fsp3) is 0.533. The smallest absolute Gasteiger partial charge is 0.306 e. The van der Waals surface area contributed by atoms with Gasteiger partial charge >= 0.3 is 5.97 Å². The fourth-order valence-corrected chi connectivity index (χ4v) is 1.64. The Morgan fingerprint density at radius 1 is 1.24 bits per heavy atom. The number of carbonyl (C=O) groups is 1. The van der Waals surface area contributed by atoms with Crippen LogP contribution in [0, 0.1) is 0 Å². The summed E-state index contributed by atoms with van der Waals surface area (Å²) in [4.78, 5) is 11.6. The summed E-state index contributed by atoms with van der Waals surface area (Å²) < 4.78 is 5.28. The van der Waals surface area contributed by atoms with Crippen molar-refractivity contribution in [3.05, 3.63) is 35.4 Å². The third-order valence-electron chi connectivity index (χ3n) is 2.44. The zero-order chi connectivity index (χ0) is 12.9. The molecule has 0 fully saturated rings. The van der Waals surface area contributed by atoms with Gasteiger partial charge in [-0.15, -0.1) is 0 Å². The molecule has 0 bridgehead atoms. The summed E-state index contributed by atoms with van der Waals surface area (Å²) in [6.45, 7) is 7.81. The maximum atomic E-state index is 11.6. The number of ether oxygens (including phenoxy) is 1. The van der Waals surface area contributed by atoms with E-state index < -0.39 is 0 Å². The normalized spacial score (nSPS) is 11.3. The lowest BCUT2D eigenvalue weighted by atomic mass is 10.1. The zero-order valence-electron chi connectivity index (χ0n) is 11.2. The van der Waals surface area contributed by atoms with Gasteiger partial charge in [-0.2, -0.15) is 0 Å². The number of esters is 1. The van der Waals surface area contributed by atoms with Crippen molar-refractivity contribution in [1.29, 1.82) is 0 Å². The molecule has 0 aliphatic heterocycles. The molecule has 0 spiro atoms. The monoisotopic (exact) mass is 234 g/mol. The SMILES string of the molecule is CCc1cccc(CCC(=O)OC(C)(C)C)c1. The highest BCUT2D eigenvalue weighted by atomic mass is 16.6. The Labute approximate surface area is 104 Å². The summed E-state index contributed by atoms with van der Waals surface area (Å²) in [5.74, 6) is -0.126. The van der Waals surface area contributed by atoms with Gasteiger partial charge in [0.05, 0.1) is 0 Å². The first-order valence-electron chi connectivity index (χ1n) is 6.20. The predicted octanol–water partition coefficient (Wildman–Crippen LogP) is 3.52. The van der Waals surface area contributed by atoms with Crippen molar-refractivity contribution in [2.24, 2.45) is 0 Å². The van der Waals surface area contributed by atoms with Crippen LogP contribution in [0.15, 0.2) is 24.3 Å². The van der Waals surface area contributed by atoms with Crippen molar-refractivity contribution in [1.82, 2.24) is 0 Å². The second-order valence-corrected chi connectivity index (χ2v) is 5.26. The molecule has 2 heteroatoms. The van der Waals surface area contributed by atoms with E-state index in [0.717, 1.165) is 12.8 Å².